The number of H-pyrrole nitrogens is 1. The fourth-order valence-electron chi connectivity index (χ4n) is 4.02. The van der Waals surface area contributed by atoms with Gasteiger partial charge in [0, 0.05) is 29.3 Å². The van der Waals surface area contributed by atoms with E-state index in [4.69, 9.17) is 0 Å². The largest absolute Gasteiger partial charge is 0.480 e. The van der Waals surface area contributed by atoms with Crippen LogP contribution in [0.2, 0.25) is 0 Å². The van der Waals surface area contributed by atoms with E-state index in [0.29, 0.717) is 13.0 Å². The summed E-state index contributed by atoms with van der Waals surface area (Å²) in [5.74, 6) is -3.27. The van der Waals surface area contributed by atoms with Crippen LogP contribution in [-0.4, -0.2) is 81.5 Å². The molecule has 0 saturated carbocycles. The Hall–Kier alpha value is -3.09. The second-order valence-electron chi connectivity index (χ2n) is 8.58. The monoisotopic (exact) mass is 505 g/mol. The van der Waals surface area contributed by atoms with E-state index in [2.05, 4.69) is 38.9 Å². The molecule has 2 aromatic rings. The van der Waals surface area contributed by atoms with Crippen LogP contribution in [0.15, 0.2) is 30.5 Å². The number of aromatic nitrogens is 1. The van der Waals surface area contributed by atoms with Crippen LogP contribution in [0.5, 0.6) is 0 Å². The number of hydrogen-bond acceptors (Lipinski definition) is 7. The van der Waals surface area contributed by atoms with E-state index in [9.17, 15) is 29.4 Å². The maximum atomic E-state index is 13.2. The van der Waals surface area contributed by atoms with Crippen molar-refractivity contribution in [1.82, 2.24) is 26.3 Å². The number of rotatable bonds is 11. The van der Waals surface area contributed by atoms with Gasteiger partial charge in [-0.1, -0.05) is 18.2 Å². The molecule has 3 amide bonds. The maximum Gasteiger partial charge on any atom is 0.328 e. The number of nitrogens with one attached hydrogen (secondary N) is 5. The van der Waals surface area contributed by atoms with Gasteiger partial charge in [-0.25, -0.2) is 4.79 Å². The van der Waals surface area contributed by atoms with E-state index < -0.39 is 48.1 Å². The highest BCUT2D eigenvalue weighted by atomic mass is 32.1. The summed E-state index contributed by atoms with van der Waals surface area (Å²) in [6.45, 7) is 1.95. The number of carbonyl (C=O) groups is 4. The summed E-state index contributed by atoms with van der Waals surface area (Å²) in [7, 11) is 0. The zero-order chi connectivity index (χ0) is 25.5. The molecule has 35 heavy (non-hydrogen) atoms. The Morgan fingerprint density at radius 2 is 1.83 bits per heavy atom. The number of aromatic amines is 1. The number of para-hydroxylation sites is 1. The van der Waals surface area contributed by atoms with Crippen molar-refractivity contribution in [3.8, 4) is 0 Å². The maximum absolute atomic E-state index is 13.2. The van der Waals surface area contributed by atoms with Gasteiger partial charge in [0.25, 0.3) is 0 Å². The summed E-state index contributed by atoms with van der Waals surface area (Å²) in [5, 5.41) is 30.4. The van der Waals surface area contributed by atoms with Gasteiger partial charge in [-0.2, -0.15) is 12.6 Å². The van der Waals surface area contributed by atoms with Crippen LogP contribution in [0, 0.1) is 0 Å². The number of aliphatic hydroxyl groups excluding tert-OH is 1. The molecule has 190 valence electrons. The van der Waals surface area contributed by atoms with Gasteiger partial charge >= 0.3 is 5.97 Å². The lowest BCUT2D eigenvalue weighted by Gasteiger charge is -2.25. The number of thiol groups is 1. The molecule has 12 heteroatoms. The number of carboxylic acid groups (broad SMARTS) is 1. The van der Waals surface area contributed by atoms with E-state index in [-0.39, 0.29) is 18.1 Å². The molecule has 0 bridgehead atoms. The third kappa shape index (κ3) is 6.74. The topological polar surface area (TPSA) is 173 Å². The van der Waals surface area contributed by atoms with E-state index in [1.54, 1.807) is 6.20 Å². The van der Waals surface area contributed by atoms with E-state index in [0.717, 1.165) is 22.9 Å². The second-order valence-corrected chi connectivity index (χ2v) is 8.95. The van der Waals surface area contributed by atoms with Crippen molar-refractivity contribution in [1.29, 1.82) is 0 Å². The average molecular weight is 506 g/mol. The standard InChI is InChI=1S/C23H31N5O6S/c1-12(29)19(23(33)34)28-22(32)18(11-35)27-21(31)17(26-20(30)16-7-4-8-24-16)9-13-10-25-15-6-3-2-5-14(13)15/h2-3,5-6,10,12,16-19,24-25,29,35H,4,7-9,11H2,1H3,(H,26,30)(H,27,31)(H,28,32)(H,33,34). The first-order valence-electron chi connectivity index (χ1n) is 11.4. The Balaban J connectivity index is 1.77. The summed E-state index contributed by atoms with van der Waals surface area (Å²) in [6, 6.07) is 3.44. The number of benzene rings is 1. The lowest BCUT2D eigenvalue weighted by atomic mass is 10.0. The minimum atomic E-state index is -1.54. The van der Waals surface area contributed by atoms with Gasteiger partial charge in [0.15, 0.2) is 6.04 Å². The number of fused-ring (bicyclic) bond motifs is 1. The van der Waals surface area contributed by atoms with Crippen molar-refractivity contribution in [2.24, 2.45) is 0 Å². The van der Waals surface area contributed by atoms with Crippen molar-refractivity contribution in [3.05, 3.63) is 36.0 Å². The summed E-state index contributed by atoms with van der Waals surface area (Å²) in [5.41, 5.74) is 1.70. The molecule has 1 aromatic carbocycles. The van der Waals surface area contributed by atoms with Crippen molar-refractivity contribution in [2.75, 3.05) is 12.3 Å². The smallest absolute Gasteiger partial charge is 0.328 e. The SMILES string of the molecule is CC(O)C(NC(=O)C(CS)NC(=O)C(Cc1c[nH]c2ccccc12)NC(=O)C1CCCN1)C(=O)O. The van der Waals surface area contributed by atoms with Gasteiger partial charge in [-0.15, -0.1) is 0 Å². The zero-order valence-electron chi connectivity index (χ0n) is 19.3. The van der Waals surface area contributed by atoms with Crippen molar-refractivity contribution >= 4 is 47.2 Å². The molecule has 7 N–H and O–H groups in total. The molecular formula is C23H31N5O6S. The molecule has 0 aliphatic carbocycles. The zero-order valence-corrected chi connectivity index (χ0v) is 20.2. The molecule has 1 fully saturated rings. The third-order valence-electron chi connectivity index (χ3n) is 5.97. The molecule has 0 radical (unpaired) electrons. The fraction of sp³-hybridized carbons (Fsp3) is 0.478. The highest BCUT2D eigenvalue weighted by molar-refractivity contribution is 7.80. The van der Waals surface area contributed by atoms with Gasteiger partial charge in [0.1, 0.15) is 12.1 Å². The van der Waals surface area contributed by atoms with Gasteiger partial charge in [-0.05, 0) is 37.9 Å². The molecule has 1 aromatic heterocycles. The van der Waals surface area contributed by atoms with Crippen LogP contribution in [-0.2, 0) is 25.6 Å². The molecule has 2 heterocycles. The Kier molecular flexibility index (Phi) is 9.13. The Bertz CT molecular complexity index is 1070. The number of aliphatic carboxylic acids is 1. The van der Waals surface area contributed by atoms with Crippen molar-refractivity contribution in [3.63, 3.8) is 0 Å². The minimum absolute atomic E-state index is 0.123. The minimum Gasteiger partial charge on any atom is -0.480 e. The summed E-state index contributed by atoms with van der Waals surface area (Å²) in [6.07, 6.45) is 2.10. The number of carboxylic acids is 1. The van der Waals surface area contributed by atoms with E-state index in [1.165, 1.54) is 6.92 Å². The predicted octanol–water partition coefficient (Wildman–Crippen LogP) is -0.688. The fourth-order valence-corrected chi connectivity index (χ4v) is 4.28. The molecular weight excluding hydrogens is 474 g/mol. The average Bonchev–Trinajstić information content (AvgIpc) is 3.50. The van der Waals surface area contributed by atoms with E-state index >= 15 is 0 Å². The Morgan fingerprint density at radius 3 is 2.46 bits per heavy atom. The van der Waals surface area contributed by atoms with Gasteiger partial charge < -0.3 is 36.5 Å². The highest BCUT2D eigenvalue weighted by Crippen LogP contribution is 2.19. The number of amides is 3. The van der Waals surface area contributed by atoms with Crippen LogP contribution in [0.3, 0.4) is 0 Å². The molecule has 1 aliphatic rings. The first kappa shape index (κ1) is 26.5. The molecule has 11 nitrogen and oxygen atoms in total. The molecule has 5 unspecified atom stereocenters. The lowest BCUT2D eigenvalue weighted by Crippen LogP contribution is -2.59. The Morgan fingerprint density at radius 1 is 1.11 bits per heavy atom. The molecule has 1 saturated heterocycles. The first-order chi connectivity index (χ1) is 16.7. The number of hydrogen-bond donors (Lipinski definition) is 8. The molecule has 5 atom stereocenters. The van der Waals surface area contributed by atoms with Crippen LogP contribution in [0.4, 0.5) is 0 Å². The summed E-state index contributed by atoms with van der Waals surface area (Å²) < 4.78 is 0. The lowest BCUT2D eigenvalue weighted by molar-refractivity contribution is -0.145. The third-order valence-corrected chi connectivity index (χ3v) is 6.34. The van der Waals surface area contributed by atoms with Crippen molar-refractivity contribution < 1.29 is 29.4 Å². The predicted molar refractivity (Wildman–Crippen MR) is 132 cm³/mol. The van der Waals surface area contributed by atoms with Crippen LogP contribution < -0.4 is 21.3 Å². The van der Waals surface area contributed by atoms with Gasteiger partial charge in [0.2, 0.25) is 17.7 Å². The van der Waals surface area contributed by atoms with E-state index in [1.807, 2.05) is 24.3 Å². The van der Waals surface area contributed by atoms with Gasteiger partial charge in [0.05, 0.1) is 12.1 Å². The number of aliphatic hydroxyl groups is 1. The second kappa shape index (κ2) is 12.0. The van der Waals surface area contributed by atoms with Crippen molar-refractivity contribution in [2.45, 2.75) is 56.5 Å². The molecule has 3 rings (SSSR count). The van der Waals surface area contributed by atoms with Crippen LogP contribution in [0.25, 0.3) is 10.9 Å². The number of carbonyl (C=O) groups excluding carboxylic acids is 3. The summed E-state index contributed by atoms with van der Waals surface area (Å²) >= 11 is 4.11. The summed E-state index contributed by atoms with van der Waals surface area (Å²) in [4.78, 5) is 53.1. The quantitative estimate of drug-likeness (QED) is 0.187. The first-order valence-corrected chi connectivity index (χ1v) is 12.1. The van der Waals surface area contributed by atoms with Gasteiger partial charge in [-0.3, -0.25) is 14.4 Å². The molecule has 0 spiro atoms. The Labute approximate surface area is 207 Å². The van der Waals surface area contributed by atoms with Crippen LogP contribution in [0.1, 0.15) is 25.3 Å². The normalized spacial score (nSPS) is 18.9. The highest BCUT2D eigenvalue weighted by Gasteiger charge is 2.32. The van der Waals surface area contributed by atoms with Crippen LogP contribution >= 0.6 is 12.6 Å². The molecule has 1 aliphatic heterocycles.